The maximum atomic E-state index is 6.88. The molecule has 0 fully saturated rings. The molecule has 3 heteroatoms. The van der Waals surface area contributed by atoms with Crippen molar-refractivity contribution < 1.29 is 5.11 Å². The molecule has 0 bridgehead atoms. The predicted molar refractivity (Wildman–Crippen MR) is 16.1 cm³/mol. The molecule has 0 atom stereocenters. The second kappa shape index (κ2) is 24.9. The minimum atomic E-state index is 0. The topological polar surface area (TPSA) is 44.0 Å². The van der Waals surface area contributed by atoms with Crippen molar-refractivity contribution in [3.05, 3.63) is 0 Å². The number of aliphatic hydroxyl groups excluding tert-OH is 1. The van der Waals surface area contributed by atoms with Crippen LogP contribution < -0.4 is 0 Å². The van der Waals surface area contributed by atoms with Gasteiger partial charge >= 0.3 is 10.1 Å². The number of hydrogen-bond donors (Lipinski definition) is 1. The number of rotatable bonds is 0. The summed E-state index contributed by atoms with van der Waals surface area (Å²) >= 11 is 0. The van der Waals surface area contributed by atoms with Gasteiger partial charge in [-0.15, -0.1) is 0 Å². The summed E-state index contributed by atoms with van der Waals surface area (Å²) in [6.07, 6.45) is 0.750. The molecule has 0 aromatic rings. The molecular formula is CH3BeNO. The molecule has 0 radical (unpaired) electrons. The predicted octanol–water partition coefficient (Wildman–Crippen LogP) is -1.08. The zero-order valence-electron chi connectivity index (χ0n) is 1.39. The Hall–Kier alpha value is -0.541. The standard InChI is InChI=1S/CHNO.Be.2H/c2-1-3;;;/h3H;;;. The summed E-state index contributed by atoms with van der Waals surface area (Å²) in [5, 5.41) is 13.8. The van der Waals surface area contributed by atoms with E-state index >= 15 is 0 Å². The van der Waals surface area contributed by atoms with Crippen LogP contribution in [0, 0.1) is 11.5 Å². The van der Waals surface area contributed by atoms with E-state index in [4.69, 9.17) is 10.4 Å². The Morgan fingerprint density at radius 2 is 1.75 bits per heavy atom. The van der Waals surface area contributed by atoms with Gasteiger partial charge in [0.05, 0.1) is 0 Å². The van der Waals surface area contributed by atoms with Crippen LogP contribution >= 0.6 is 0 Å². The minimum absolute atomic E-state index is 0. The summed E-state index contributed by atoms with van der Waals surface area (Å²) in [6.45, 7) is 0. The Morgan fingerprint density at radius 1 is 1.75 bits per heavy atom. The van der Waals surface area contributed by atoms with E-state index in [0.717, 1.165) is 6.26 Å². The third-order valence-electron chi connectivity index (χ3n) is 0. The SMILES string of the molecule is N#CO.[BeH2]. The van der Waals surface area contributed by atoms with E-state index < -0.39 is 0 Å². The molecular weight excluding hydrogens is 51.0 g/mol. The molecule has 0 aliphatic heterocycles. The van der Waals surface area contributed by atoms with Crippen LogP contribution in [0.15, 0.2) is 0 Å². The number of hydrogen-bond acceptors (Lipinski definition) is 2. The summed E-state index contributed by atoms with van der Waals surface area (Å²) in [4.78, 5) is 0. The molecule has 0 heterocycles. The van der Waals surface area contributed by atoms with Crippen molar-refractivity contribution >= 4 is 10.1 Å². The monoisotopic (exact) mass is 54.0 g/mol. The molecule has 2 nitrogen and oxygen atoms in total. The Balaban J connectivity index is 0. The summed E-state index contributed by atoms with van der Waals surface area (Å²) < 4.78 is 0. The van der Waals surface area contributed by atoms with Gasteiger partial charge in [0.25, 0.3) is 6.26 Å². The van der Waals surface area contributed by atoms with Gasteiger partial charge in [0.15, 0.2) is 0 Å². The van der Waals surface area contributed by atoms with Crippen molar-refractivity contribution in [2.75, 3.05) is 0 Å². The van der Waals surface area contributed by atoms with E-state index in [0.29, 0.717) is 0 Å². The van der Waals surface area contributed by atoms with Crippen molar-refractivity contribution in [3.63, 3.8) is 0 Å². The van der Waals surface area contributed by atoms with Crippen LogP contribution in [0.25, 0.3) is 0 Å². The van der Waals surface area contributed by atoms with Crippen molar-refractivity contribution in [2.24, 2.45) is 0 Å². The number of nitriles is 1. The first-order chi connectivity index (χ1) is 1.41. The Morgan fingerprint density at radius 3 is 1.75 bits per heavy atom. The first kappa shape index (κ1) is 9.83. The number of nitrogens with zero attached hydrogens (tertiary/aromatic N) is 1. The Kier molecular flexibility index (Phi) is 61.1. The van der Waals surface area contributed by atoms with Crippen molar-refractivity contribution in [3.8, 4) is 6.26 Å². The Labute approximate surface area is 27.9 Å². The van der Waals surface area contributed by atoms with Crippen LogP contribution in [0.5, 0.6) is 0 Å². The first-order valence-corrected chi connectivity index (χ1v) is 0.447. The average molecular weight is 54.1 g/mol. The van der Waals surface area contributed by atoms with Gasteiger partial charge in [0, 0.05) is 0 Å². The molecule has 0 aliphatic carbocycles. The summed E-state index contributed by atoms with van der Waals surface area (Å²) in [6, 6.07) is 0. The van der Waals surface area contributed by atoms with Gasteiger partial charge in [-0.05, 0) is 0 Å². The molecule has 0 unspecified atom stereocenters. The van der Waals surface area contributed by atoms with Gasteiger partial charge < -0.3 is 5.11 Å². The van der Waals surface area contributed by atoms with Crippen molar-refractivity contribution in [1.29, 1.82) is 5.26 Å². The molecule has 1 N–H and O–H groups in total. The van der Waals surface area contributed by atoms with Crippen LogP contribution in [0.2, 0.25) is 0 Å². The van der Waals surface area contributed by atoms with Gasteiger partial charge in [-0.25, -0.2) is 0 Å². The molecule has 0 aromatic heterocycles. The van der Waals surface area contributed by atoms with Crippen molar-refractivity contribution in [2.45, 2.75) is 0 Å². The zero-order chi connectivity index (χ0) is 2.71. The third-order valence-corrected chi connectivity index (χ3v) is 0. The summed E-state index contributed by atoms with van der Waals surface area (Å²) in [5.41, 5.74) is 0. The molecule has 20 valence electrons. The molecule has 4 heavy (non-hydrogen) atoms. The van der Waals surface area contributed by atoms with E-state index in [1.54, 1.807) is 0 Å². The maximum absolute atomic E-state index is 6.88. The molecule has 0 spiro atoms. The molecule has 0 saturated carbocycles. The molecule has 0 aliphatic rings. The van der Waals surface area contributed by atoms with Gasteiger partial charge in [-0.3, -0.25) is 0 Å². The average Bonchev–Trinajstić information content (AvgIpc) is 0.918. The summed E-state index contributed by atoms with van der Waals surface area (Å²) in [5.74, 6) is 0. The van der Waals surface area contributed by atoms with Gasteiger partial charge in [0.2, 0.25) is 0 Å². The van der Waals surface area contributed by atoms with Gasteiger partial charge in [-0.1, -0.05) is 0 Å². The molecule has 0 amide bonds. The van der Waals surface area contributed by atoms with E-state index in [1.165, 1.54) is 0 Å². The van der Waals surface area contributed by atoms with Crippen LogP contribution in [-0.2, 0) is 0 Å². The fourth-order valence-electron chi connectivity index (χ4n) is 0. The van der Waals surface area contributed by atoms with Crippen LogP contribution in [0.4, 0.5) is 0 Å². The van der Waals surface area contributed by atoms with Crippen LogP contribution in [-0.4, -0.2) is 15.2 Å². The zero-order valence-corrected chi connectivity index (χ0v) is 1.39. The van der Waals surface area contributed by atoms with E-state index in [2.05, 4.69) is 0 Å². The fraction of sp³-hybridized carbons (Fsp3) is 0. The Bertz CT molecular complexity index is 29.5. The molecule has 0 rings (SSSR count). The van der Waals surface area contributed by atoms with Crippen LogP contribution in [0.1, 0.15) is 0 Å². The van der Waals surface area contributed by atoms with E-state index in [1.807, 2.05) is 0 Å². The second-order valence-corrected chi connectivity index (χ2v) is 0.100. The van der Waals surface area contributed by atoms with Gasteiger partial charge in [-0.2, -0.15) is 5.26 Å². The third kappa shape index (κ3) is 1.05. The van der Waals surface area contributed by atoms with Crippen molar-refractivity contribution in [1.82, 2.24) is 0 Å². The molecule has 0 saturated heterocycles. The van der Waals surface area contributed by atoms with E-state index in [-0.39, 0.29) is 10.1 Å². The quantitative estimate of drug-likeness (QED) is 0.282. The first-order valence-electron chi connectivity index (χ1n) is 0.447. The number of aliphatic hydroxyl groups is 1. The van der Waals surface area contributed by atoms with Crippen LogP contribution in [0.3, 0.4) is 0 Å². The van der Waals surface area contributed by atoms with Gasteiger partial charge in [0.1, 0.15) is 0 Å². The molecule has 0 aromatic carbocycles. The fourth-order valence-corrected chi connectivity index (χ4v) is 0. The van der Waals surface area contributed by atoms with E-state index in [9.17, 15) is 0 Å². The summed E-state index contributed by atoms with van der Waals surface area (Å²) in [7, 11) is 0. The second-order valence-electron chi connectivity index (χ2n) is 0.100. The normalized spacial score (nSPS) is 1.75.